The van der Waals surface area contributed by atoms with E-state index in [0.717, 1.165) is 0 Å². The van der Waals surface area contributed by atoms with Crippen molar-refractivity contribution in [1.82, 2.24) is 5.32 Å². The van der Waals surface area contributed by atoms with Gasteiger partial charge in [0.2, 0.25) is 0 Å². The molecule has 1 amide bonds. The van der Waals surface area contributed by atoms with Gasteiger partial charge in [-0.2, -0.15) is 0 Å². The first-order valence-corrected chi connectivity index (χ1v) is 2.45. The van der Waals surface area contributed by atoms with E-state index in [2.05, 4.69) is 0 Å². The molecule has 0 aliphatic heterocycles. The van der Waals surface area contributed by atoms with E-state index in [-0.39, 0.29) is 6.54 Å². The summed E-state index contributed by atoms with van der Waals surface area (Å²) in [6.45, 7) is -0.744. The zero-order chi connectivity index (χ0) is 7.28. The summed E-state index contributed by atoms with van der Waals surface area (Å²) >= 11 is 0. The van der Waals surface area contributed by atoms with Crippen LogP contribution in [-0.4, -0.2) is 30.5 Å². The van der Waals surface area contributed by atoms with Gasteiger partial charge >= 0.3 is 6.09 Å². The molecule has 0 aliphatic carbocycles. The van der Waals surface area contributed by atoms with Gasteiger partial charge in [0.15, 0.2) is 0 Å². The first kappa shape index (κ1) is 8.16. The molecule has 0 aromatic rings. The van der Waals surface area contributed by atoms with Crippen LogP contribution in [0.15, 0.2) is 0 Å². The fourth-order valence-corrected chi connectivity index (χ4v) is 0.273. The number of carboxylic acid groups (broad SMARTS) is 1. The third kappa shape index (κ3) is 5.02. The molecule has 0 rings (SSSR count). The Labute approximate surface area is 51.8 Å². The van der Waals surface area contributed by atoms with Crippen LogP contribution >= 0.6 is 0 Å². The lowest BCUT2D eigenvalue weighted by molar-refractivity contribution is 0.193. The van der Waals surface area contributed by atoms with Gasteiger partial charge in [0.1, 0.15) is 6.67 Å². The number of halogens is 1. The van der Waals surface area contributed by atoms with Crippen LogP contribution in [0.25, 0.3) is 0 Å². The molecule has 0 saturated heterocycles. The molecule has 0 aromatic heterocycles. The molecule has 0 radical (unpaired) electrons. The van der Waals surface area contributed by atoms with E-state index in [1.807, 2.05) is 5.32 Å². The molecule has 9 heavy (non-hydrogen) atoms. The zero-order valence-corrected chi connectivity index (χ0v) is 4.80. The summed E-state index contributed by atoms with van der Waals surface area (Å²) in [6, 6.07) is -0.721. The van der Waals surface area contributed by atoms with Gasteiger partial charge in [-0.15, -0.1) is 0 Å². The van der Waals surface area contributed by atoms with Crippen molar-refractivity contribution >= 4 is 6.09 Å². The summed E-state index contributed by atoms with van der Waals surface area (Å²) < 4.78 is 11.5. The minimum atomic E-state index is -1.18. The van der Waals surface area contributed by atoms with Gasteiger partial charge in [-0.1, -0.05) is 0 Å². The Balaban J connectivity index is 3.16. The Kier molecular flexibility index (Phi) is 3.70. The lowest BCUT2D eigenvalue weighted by atomic mass is 10.3. The third-order valence-corrected chi connectivity index (χ3v) is 0.714. The number of alkyl halides is 1. The Morgan fingerprint density at radius 1 is 1.89 bits per heavy atom. The van der Waals surface area contributed by atoms with Gasteiger partial charge in [0.05, 0.1) is 6.04 Å². The summed E-state index contributed by atoms with van der Waals surface area (Å²) in [6.07, 6.45) is -1.18. The van der Waals surface area contributed by atoms with E-state index in [1.165, 1.54) is 0 Å². The van der Waals surface area contributed by atoms with Crippen molar-refractivity contribution in [3.8, 4) is 0 Å². The van der Waals surface area contributed by atoms with Crippen LogP contribution in [0.3, 0.4) is 0 Å². The van der Waals surface area contributed by atoms with Crippen molar-refractivity contribution in [1.29, 1.82) is 0 Å². The minimum Gasteiger partial charge on any atom is -0.465 e. The van der Waals surface area contributed by atoms with E-state index >= 15 is 0 Å². The fraction of sp³-hybridized carbons (Fsp3) is 0.750. The van der Waals surface area contributed by atoms with E-state index in [9.17, 15) is 9.18 Å². The number of carbonyl (C=O) groups is 1. The number of hydrogen-bond donors (Lipinski definition) is 3. The summed E-state index contributed by atoms with van der Waals surface area (Å²) in [5.74, 6) is 0. The van der Waals surface area contributed by atoms with Crippen LogP contribution < -0.4 is 11.1 Å². The summed E-state index contributed by atoms with van der Waals surface area (Å²) in [4.78, 5) is 9.73. The van der Waals surface area contributed by atoms with Gasteiger partial charge in [-0.25, -0.2) is 9.18 Å². The molecule has 0 bridgehead atoms. The highest BCUT2D eigenvalue weighted by Crippen LogP contribution is 1.75. The second kappa shape index (κ2) is 4.08. The maximum Gasteiger partial charge on any atom is 0.404 e. The molecule has 5 heteroatoms. The molecule has 4 N–H and O–H groups in total. The highest BCUT2D eigenvalue weighted by Gasteiger charge is 2.01. The van der Waals surface area contributed by atoms with Crippen LogP contribution in [0.1, 0.15) is 0 Å². The molecule has 0 fully saturated rings. The van der Waals surface area contributed by atoms with Crippen molar-refractivity contribution < 1.29 is 14.3 Å². The predicted molar refractivity (Wildman–Crippen MR) is 30.0 cm³/mol. The molecule has 1 unspecified atom stereocenters. The second-order valence-corrected chi connectivity index (χ2v) is 1.60. The number of rotatable bonds is 3. The average molecular weight is 136 g/mol. The smallest absolute Gasteiger partial charge is 0.404 e. The molecule has 54 valence electrons. The Morgan fingerprint density at radius 2 is 2.44 bits per heavy atom. The first-order chi connectivity index (χ1) is 4.16. The van der Waals surface area contributed by atoms with Crippen molar-refractivity contribution in [2.45, 2.75) is 6.04 Å². The van der Waals surface area contributed by atoms with Crippen molar-refractivity contribution in [2.75, 3.05) is 13.2 Å². The molecule has 0 saturated carbocycles. The van der Waals surface area contributed by atoms with Crippen LogP contribution in [0, 0.1) is 0 Å². The molecule has 0 aromatic carbocycles. The molecule has 4 nitrogen and oxygen atoms in total. The maximum atomic E-state index is 11.5. The van der Waals surface area contributed by atoms with Crippen LogP contribution in [0.5, 0.6) is 0 Å². The molecular formula is C4H9FN2O2. The monoisotopic (exact) mass is 136 g/mol. The van der Waals surface area contributed by atoms with Gasteiger partial charge < -0.3 is 16.2 Å². The quantitative estimate of drug-likeness (QED) is 0.492. The summed E-state index contributed by atoms with van der Waals surface area (Å²) in [5.41, 5.74) is 5.02. The van der Waals surface area contributed by atoms with Gasteiger partial charge in [-0.05, 0) is 0 Å². The highest BCUT2D eigenvalue weighted by molar-refractivity contribution is 5.64. The fourth-order valence-electron chi connectivity index (χ4n) is 0.273. The zero-order valence-electron chi connectivity index (χ0n) is 4.80. The molecule has 1 atom stereocenters. The molecule has 0 heterocycles. The van der Waals surface area contributed by atoms with Gasteiger partial charge in [0, 0.05) is 6.54 Å². The highest BCUT2D eigenvalue weighted by atomic mass is 19.1. The maximum absolute atomic E-state index is 11.5. The van der Waals surface area contributed by atoms with Crippen LogP contribution in [0.2, 0.25) is 0 Å². The lowest BCUT2D eigenvalue weighted by Crippen LogP contribution is -2.37. The number of nitrogens with two attached hydrogens (primary N) is 1. The Hall–Kier alpha value is -0.840. The number of hydrogen-bond acceptors (Lipinski definition) is 2. The standard InChI is InChI=1S/C4H9FN2O2/c5-1-3(6)2-7-4(8)9/h3,7H,1-2,6H2,(H,8,9). The summed E-state index contributed by atoms with van der Waals surface area (Å²) in [5, 5.41) is 9.92. The van der Waals surface area contributed by atoms with Gasteiger partial charge in [-0.3, -0.25) is 0 Å². The largest absolute Gasteiger partial charge is 0.465 e. The Morgan fingerprint density at radius 3 is 2.78 bits per heavy atom. The number of nitrogens with one attached hydrogen (secondary N) is 1. The third-order valence-electron chi connectivity index (χ3n) is 0.714. The topological polar surface area (TPSA) is 75.3 Å². The predicted octanol–water partition coefficient (Wildman–Crippen LogP) is -0.449. The molecule has 0 spiro atoms. The molecular weight excluding hydrogens is 127 g/mol. The van der Waals surface area contributed by atoms with E-state index < -0.39 is 18.8 Å². The lowest BCUT2D eigenvalue weighted by Gasteiger charge is -2.04. The number of amides is 1. The van der Waals surface area contributed by atoms with Crippen molar-refractivity contribution in [2.24, 2.45) is 5.73 Å². The van der Waals surface area contributed by atoms with Crippen LogP contribution in [0.4, 0.5) is 9.18 Å². The normalized spacial score (nSPS) is 12.7. The molecule has 0 aliphatic rings. The second-order valence-electron chi connectivity index (χ2n) is 1.60. The van der Waals surface area contributed by atoms with E-state index in [0.29, 0.717) is 0 Å². The van der Waals surface area contributed by atoms with Crippen molar-refractivity contribution in [3.05, 3.63) is 0 Å². The minimum absolute atomic E-state index is 0.0359. The summed E-state index contributed by atoms with van der Waals surface area (Å²) in [7, 11) is 0. The Bertz CT molecular complexity index is 98.6. The SMILES string of the molecule is NC(CF)CNC(=O)O. The van der Waals surface area contributed by atoms with E-state index in [1.54, 1.807) is 0 Å². The average Bonchev–Trinajstić information content (AvgIpc) is 1.83. The van der Waals surface area contributed by atoms with Crippen molar-refractivity contribution in [3.63, 3.8) is 0 Å². The first-order valence-electron chi connectivity index (χ1n) is 2.45. The van der Waals surface area contributed by atoms with Crippen LogP contribution in [-0.2, 0) is 0 Å². The van der Waals surface area contributed by atoms with E-state index in [4.69, 9.17) is 10.8 Å². The van der Waals surface area contributed by atoms with Gasteiger partial charge in [0.25, 0.3) is 0 Å².